The summed E-state index contributed by atoms with van der Waals surface area (Å²) in [5, 5.41) is 3.66. The van der Waals surface area contributed by atoms with E-state index in [0.29, 0.717) is 10.9 Å². The van der Waals surface area contributed by atoms with Gasteiger partial charge in [0, 0.05) is 43.4 Å². The quantitative estimate of drug-likeness (QED) is 0.795. The summed E-state index contributed by atoms with van der Waals surface area (Å²) in [5.74, 6) is 0.669. The van der Waals surface area contributed by atoms with Gasteiger partial charge in [0.2, 0.25) is 0 Å². The second-order valence-corrected chi connectivity index (χ2v) is 8.51. The molecule has 2 aliphatic rings. The summed E-state index contributed by atoms with van der Waals surface area (Å²) in [6.07, 6.45) is 3.29. The molecule has 0 aliphatic carbocycles. The van der Waals surface area contributed by atoms with E-state index >= 15 is 0 Å². The molecule has 0 unspecified atom stereocenters. The minimum Gasteiger partial charge on any atom is -0.325 e. The average molecular weight is 398 g/mol. The normalized spacial score (nSPS) is 18.0. The molecule has 0 saturated carbocycles. The second kappa shape index (κ2) is 8.54. The Morgan fingerprint density at radius 2 is 1.86 bits per heavy atom. The fraction of sp³-hybridized carbons (Fsp3) is 0.435. The molecule has 1 fully saturated rings. The largest absolute Gasteiger partial charge is 0.325 e. The number of anilines is 1. The van der Waals surface area contributed by atoms with Gasteiger partial charge in [0.25, 0.3) is 0 Å². The van der Waals surface area contributed by atoms with E-state index in [4.69, 9.17) is 11.6 Å². The number of aryl methyl sites for hydroxylation is 1. The third-order valence-electron chi connectivity index (χ3n) is 6.07. The van der Waals surface area contributed by atoms with Crippen LogP contribution in [0.2, 0.25) is 5.02 Å². The molecular weight excluding hydrogens is 370 g/mol. The van der Waals surface area contributed by atoms with Gasteiger partial charge >= 0.3 is 6.03 Å². The maximum absolute atomic E-state index is 12.6. The van der Waals surface area contributed by atoms with Gasteiger partial charge in [-0.15, -0.1) is 0 Å². The third-order valence-corrected chi connectivity index (χ3v) is 6.30. The monoisotopic (exact) mass is 397 g/mol. The van der Waals surface area contributed by atoms with Gasteiger partial charge in [-0.25, -0.2) is 4.79 Å². The lowest BCUT2D eigenvalue weighted by Gasteiger charge is -2.36. The van der Waals surface area contributed by atoms with Crippen LogP contribution in [0.25, 0.3) is 0 Å². The van der Waals surface area contributed by atoms with Gasteiger partial charge in [0.15, 0.2) is 0 Å². The fourth-order valence-electron chi connectivity index (χ4n) is 4.32. The predicted octanol–water partition coefficient (Wildman–Crippen LogP) is 4.95. The van der Waals surface area contributed by atoms with Crippen LogP contribution < -0.4 is 5.32 Å². The van der Waals surface area contributed by atoms with Crippen LogP contribution in [0.4, 0.5) is 10.5 Å². The van der Waals surface area contributed by atoms with Crippen molar-refractivity contribution < 1.29 is 4.79 Å². The van der Waals surface area contributed by atoms with Crippen molar-refractivity contribution in [3.05, 3.63) is 64.2 Å². The lowest BCUT2D eigenvalue weighted by Crippen LogP contribution is -2.44. The molecule has 5 heteroatoms. The predicted molar refractivity (Wildman–Crippen MR) is 115 cm³/mol. The molecule has 2 amide bonds. The van der Waals surface area contributed by atoms with Crippen LogP contribution in [0.15, 0.2) is 42.5 Å². The fourth-order valence-corrected chi connectivity index (χ4v) is 4.49. The Balaban J connectivity index is 1.27. The zero-order valence-electron chi connectivity index (χ0n) is 16.5. The van der Waals surface area contributed by atoms with Crippen LogP contribution in [-0.2, 0) is 13.0 Å². The minimum absolute atomic E-state index is 0.0179. The number of carbonyl (C=O) groups excluding carboxylic acids is 1. The Labute approximate surface area is 172 Å². The molecule has 4 rings (SSSR count). The summed E-state index contributed by atoms with van der Waals surface area (Å²) in [7, 11) is 0. The molecule has 2 heterocycles. The molecule has 2 aliphatic heterocycles. The lowest BCUT2D eigenvalue weighted by atomic mass is 9.94. The minimum atomic E-state index is -0.0179. The van der Waals surface area contributed by atoms with Crippen molar-refractivity contribution in [2.75, 3.05) is 31.5 Å². The number of rotatable bonds is 3. The number of amides is 2. The Morgan fingerprint density at radius 1 is 1.11 bits per heavy atom. The lowest BCUT2D eigenvalue weighted by molar-refractivity contribution is 0.147. The van der Waals surface area contributed by atoms with E-state index in [0.717, 1.165) is 63.2 Å². The molecule has 4 nitrogen and oxygen atoms in total. The summed E-state index contributed by atoms with van der Waals surface area (Å²) in [6.45, 7) is 6.96. The zero-order chi connectivity index (χ0) is 19.5. The van der Waals surface area contributed by atoms with Crippen molar-refractivity contribution in [1.82, 2.24) is 9.80 Å². The van der Waals surface area contributed by atoms with Gasteiger partial charge in [-0.05, 0) is 60.9 Å². The smallest absolute Gasteiger partial charge is 0.321 e. The van der Waals surface area contributed by atoms with Crippen LogP contribution in [-0.4, -0.2) is 42.0 Å². The molecule has 0 aromatic heterocycles. The van der Waals surface area contributed by atoms with Crippen molar-refractivity contribution in [1.29, 1.82) is 0 Å². The molecule has 2 aromatic rings. The number of piperidine rings is 1. The van der Waals surface area contributed by atoms with Crippen molar-refractivity contribution in [3.63, 3.8) is 0 Å². The van der Waals surface area contributed by atoms with Crippen molar-refractivity contribution >= 4 is 23.3 Å². The summed E-state index contributed by atoms with van der Waals surface area (Å²) >= 11 is 6.06. The van der Waals surface area contributed by atoms with E-state index < -0.39 is 0 Å². The van der Waals surface area contributed by atoms with E-state index in [1.165, 1.54) is 11.1 Å². The second-order valence-electron chi connectivity index (χ2n) is 8.07. The SMILES string of the molecule is Cc1ccc(Cl)cc1NC(=O)N1CCC(CN2CCc3ccccc3C2)CC1. The van der Waals surface area contributed by atoms with Crippen molar-refractivity contribution in [3.8, 4) is 0 Å². The zero-order valence-corrected chi connectivity index (χ0v) is 17.2. The number of halogens is 1. The van der Waals surface area contributed by atoms with Gasteiger partial charge < -0.3 is 10.2 Å². The first kappa shape index (κ1) is 19.3. The number of benzene rings is 2. The van der Waals surface area contributed by atoms with Gasteiger partial charge in [-0.2, -0.15) is 0 Å². The summed E-state index contributed by atoms with van der Waals surface area (Å²) in [5.41, 5.74) is 4.80. The van der Waals surface area contributed by atoms with Crippen LogP contribution in [0.3, 0.4) is 0 Å². The van der Waals surface area contributed by atoms with E-state index in [1.54, 1.807) is 0 Å². The maximum atomic E-state index is 12.6. The molecule has 0 radical (unpaired) electrons. The topological polar surface area (TPSA) is 35.6 Å². The molecule has 1 saturated heterocycles. The Hall–Kier alpha value is -2.04. The summed E-state index contributed by atoms with van der Waals surface area (Å²) in [6, 6.07) is 14.4. The van der Waals surface area contributed by atoms with Gasteiger partial charge in [-0.1, -0.05) is 41.9 Å². The highest BCUT2D eigenvalue weighted by atomic mass is 35.5. The Kier molecular flexibility index (Phi) is 5.88. The third kappa shape index (κ3) is 4.50. The first-order chi connectivity index (χ1) is 13.6. The number of nitrogens with zero attached hydrogens (tertiary/aromatic N) is 2. The number of urea groups is 1. The highest BCUT2D eigenvalue weighted by Crippen LogP contribution is 2.25. The van der Waals surface area contributed by atoms with Gasteiger partial charge in [-0.3, -0.25) is 4.90 Å². The average Bonchev–Trinajstić information content (AvgIpc) is 2.71. The van der Waals surface area contributed by atoms with Crippen molar-refractivity contribution in [2.24, 2.45) is 5.92 Å². The number of carbonyl (C=O) groups is 1. The highest BCUT2D eigenvalue weighted by Gasteiger charge is 2.26. The van der Waals surface area contributed by atoms with Crippen LogP contribution in [0.1, 0.15) is 29.5 Å². The first-order valence-corrected chi connectivity index (χ1v) is 10.6. The van der Waals surface area contributed by atoms with Gasteiger partial charge in [0.05, 0.1) is 0 Å². The van der Waals surface area contributed by atoms with Crippen LogP contribution >= 0.6 is 11.6 Å². The molecular formula is C23H28ClN3O. The van der Waals surface area contributed by atoms with Gasteiger partial charge in [0.1, 0.15) is 0 Å². The number of hydrogen-bond donors (Lipinski definition) is 1. The summed E-state index contributed by atoms with van der Waals surface area (Å²) < 4.78 is 0. The molecule has 0 spiro atoms. The molecule has 0 atom stereocenters. The van der Waals surface area contributed by atoms with E-state index in [-0.39, 0.29) is 6.03 Å². The maximum Gasteiger partial charge on any atom is 0.321 e. The molecule has 2 aromatic carbocycles. The summed E-state index contributed by atoms with van der Waals surface area (Å²) in [4.78, 5) is 17.1. The highest BCUT2D eigenvalue weighted by molar-refractivity contribution is 6.31. The number of likely N-dealkylation sites (tertiary alicyclic amines) is 1. The van der Waals surface area contributed by atoms with Crippen LogP contribution in [0, 0.1) is 12.8 Å². The molecule has 0 bridgehead atoms. The number of fused-ring (bicyclic) bond motifs is 1. The Morgan fingerprint density at radius 3 is 2.64 bits per heavy atom. The molecule has 28 heavy (non-hydrogen) atoms. The molecule has 1 N–H and O–H groups in total. The van der Waals surface area contributed by atoms with E-state index in [9.17, 15) is 4.79 Å². The Bertz CT molecular complexity index is 845. The van der Waals surface area contributed by atoms with Crippen molar-refractivity contribution in [2.45, 2.75) is 32.7 Å². The number of hydrogen-bond acceptors (Lipinski definition) is 2. The standard InChI is InChI=1S/C23H28ClN3O/c1-17-6-7-21(24)14-22(17)25-23(28)27-12-8-18(9-13-27)15-26-11-10-19-4-2-3-5-20(19)16-26/h2-7,14,18H,8-13,15-16H2,1H3,(H,25,28). The van der Waals surface area contributed by atoms with E-state index in [1.807, 2.05) is 30.0 Å². The van der Waals surface area contributed by atoms with Crippen LogP contribution in [0.5, 0.6) is 0 Å². The van der Waals surface area contributed by atoms with E-state index in [2.05, 4.69) is 34.5 Å². The number of nitrogens with one attached hydrogen (secondary N) is 1. The first-order valence-electron chi connectivity index (χ1n) is 10.2. The molecule has 148 valence electrons.